The van der Waals surface area contributed by atoms with E-state index in [-0.39, 0.29) is 0 Å². The van der Waals surface area contributed by atoms with Gasteiger partial charge in [0.15, 0.2) is 0 Å². The van der Waals surface area contributed by atoms with E-state index in [9.17, 15) is 8.42 Å². The van der Waals surface area contributed by atoms with Gasteiger partial charge in [-0.25, -0.2) is 0 Å². The first kappa shape index (κ1) is 16.9. The smallest absolute Gasteiger partial charge is 0.282 e. The number of benzene rings is 2. The Balaban J connectivity index is 0.000000219. The molecule has 0 saturated carbocycles. The molecule has 0 amide bonds. The van der Waals surface area contributed by atoms with E-state index in [1.165, 1.54) is 11.6 Å². The summed E-state index contributed by atoms with van der Waals surface area (Å²) in [6.07, 6.45) is 1.33. The highest BCUT2D eigenvalue weighted by atomic mass is 32.2. The standard InChI is InChI=1S/C9H10.C8H8O3S/c1-8(2)9-6-4-3-5-7-9;9-12(10,11)7-6-8-4-2-1-3-5-8/h3-7H,1H2,2H3;1-7H,(H,9,10,11). The van der Waals surface area contributed by atoms with Gasteiger partial charge in [0.25, 0.3) is 10.1 Å². The predicted molar refractivity (Wildman–Crippen MR) is 88.2 cm³/mol. The quantitative estimate of drug-likeness (QED) is 0.862. The molecule has 0 radical (unpaired) electrons. The first-order valence-electron chi connectivity index (χ1n) is 6.30. The normalized spacial score (nSPS) is 10.8. The molecule has 2 aromatic rings. The molecule has 2 aromatic carbocycles. The molecule has 0 aliphatic rings. The van der Waals surface area contributed by atoms with Crippen LogP contribution in [0.2, 0.25) is 0 Å². The van der Waals surface area contributed by atoms with Crippen LogP contribution >= 0.6 is 0 Å². The van der Waals surface area contributed by atoms with Gasteiger partial charge in [0.1, 0.15) is 0 Å². The van der Waals surface area contributed by atoms with Crippen molar-refractivity contribution in [2.45, 2.75) is 6.92 Å². The lowest BCUT2D eigenvalue weighted by atomic mass is 10.1. The minimum absolute atomic E-state index is 0.732. The highest BCUT2D eigenvalue weighted by Gasteiger charge is 1.94. The Kier molecular flexibility index (Phi) is 6.59. The molecule has 0 bridgehead atoms. The van der Waals surface area contributed by atoms with Crippen LogP contribution in [0, 0.1) is 0 Å². The van der Waals surface area contributed by atoms with E-state index in [2.05, 4.69) is 18.7 Å². The average Bonchev–Trinajstić information content (AvgIpc) is 2.47. The van der Waals surface area contributed by atoms with Crippen molar-refractivity contribution >= 4 is 21.8 Å². The highest BCUT2D eigenvalue weighted by molar-refractivity contribution is 7.88. The minimum atomic E-state index is -4.00. The van der Waals surface area contributed by atoms with E-state index in [1.54, 1.807) is 24.3 Å². The van der Waals surface area contributed by atoms with Crippen molar-refractivity contribution in [1.82, 2.24) is 0 Å². The molecular formula is C17H18O3S. The number of hydrogen-bond acceptors (Lipinski definition) is 2. The minimum Gasteiger partial charge on any atom is -0.282 e. The molecule has 21 heavy (non-hydrogen) atoms. The van der Waals surface area contributed by atoms with Crippen LogP contribution in [0.15, 0.2) is 72.7 Å². The Morgan fingerprint density at radius 2 is 1.48 bits per heavy atom. The number of rotatable bonds is 3. The van der Waals surface area contributed by atoms with Gasteiger partial charge in [-0.3, -0.25) is 4.55 Å². The maximum absolute atomic E-state index is 10.3. The zero-order valence-electron chi connectivity index (χ0n) is 11.8. The van der Waals surface area contributed by atoms with E-state index in [0.717, 1.165) is 16.5 Å². The first-order chi connectivity index (χ1) is 9.88. The summed E-state index contributed by atoms with van der Waals surface area (Å²) in [6, 6.07) is 19.0. The molecule has 2 rings (SSSR count). The van der Waals surface area contributed by atoms with E-state index in [0.29, 0.717) is 0 Å². The topological polar surface area (TPSA) is 54.4 Å². The zero-order valence-corrected chi connectivity index (χ0v) is 12.6. The van der Waals surface area contributed by atoms with Gasteiger partial charge in [0, 0.05) is 0 Å². The molecule has 0 unspecified atom stereocenters. The van der Waals surface area contributed by atoms with Crippen LogP contribution in [-0.2, 0) is 10.1 Å². The Morgan fingerprint density at radius 1 is 1.00 bits per heavy atom. The first-order valence-corrected chi connectivity index (χ1v) is 7.80. The van der Waals surface area contributed by atoms with Crippen molar-refractivity contribution in [1.29, 1.82) is 0 Å². The van der Waals surface area contributed by atoms with Crippen LogP contribution in [0.1, 0.15) is 18.1 Å². The van der Waals surface area contributed by atoms with Crippen LogP contribution in [0.4, 0.5) is 0 Å². The Labute approximate surface area is 126 Å². The summed E-state index contributed by atoms with van der Waals surface area (Å²) in [5, 5.41) is 0.752. The van der Waals surface area contributed by atoms with Crippen molar-refractivity contribution in [2.24, 2.45) is 0 Å². The molecule has 1 N–H and O–H groups in total. The Bertz CT molecular complexity index is 687. The van der Waals surface area contributed by atoms with Crippen molar-refractivity contribution in [3.8, 4) is 0 Å². The summed E-state index contributed by atoms with van der Waals surface area (Å²) in [7, 11) is -4.00. The van der Waals surface area contributed by atoms with Gasteiger partial charge in [-0.1, -0.05) is 72.8 Å². The SMILES string of the molecule is C=C(C)c1ccccc1.O=S(=O)(O)C=Cc1ccccc1. The second kappa shape index (κ2) is 8.19. The molecule has 0 spiro atoms. The maximum Gasteiger partial charge on any atom is 0.287 e. The van der Waals surface area contributed by atoms with Crippen LogP contribution < -0.4 is 0 Å². The summed E-state index contributed by atoms with van der Waals surface area (Å²) in [5.74, 6) is 0. The molecule has 0 heterocycles. The van der Waals surface area contributed by atoms with Gasteiger partial charge >= 0.3 is 0 Å². The Hall–Kier alpha value is -2.17. The van der Waals surface area contributed by atoms with Gasteiger partial charge in [-0.05, 0) is 24.1 Å². The summed E-state index contributed by atoms with van der Waals surface area (Å²) in [5.41, 5.74) is 3.07. The fraction of sp³-hybridized carbons (Fsp3) is 0.0588. The Morgan fingerprint density at radius 3 is 1.86 bits per heavy atom. The second-order valence-electron chi connectivity index (χ2n) is 4.37. The van der Waals surface area contributed by atoms with Gasteiger partial charge in [-0.15, -0.1) is 0 Å². The van der Waals surface area contributed by atoms with E-state index in [1.807, 2.05) is 31.2 Å². The van der Waals surface area contributed by atoms with Crippen LogP contribution in [0.5, 0.6) is 0 Å². The predicted octanol–water partition coefficient (Wildman–Crippen LogP) is 4.26. The molecule has 0 atom stereocenters. The maximum atomic E-state index is 10.3. The fourth-order valence-electron chi connectivity index (χ4n) is 1.45. The monoisotopic (exact) mass is 302 g/mol. The van der Waals surface area contributed by atoms with Crippen LogP contribution in [0.3, 0.4) is 0 Å². The molecule has 0 saturated heterocycles. The van der Waals surface area contributed by atoms with E-state index in [4.69, 9.17) is 4.55 Å². The van der Waals surface area contributed by atoms with Crippen molar-refractivity contribution in [2.75, 3.05) is 0 Å². The van der Waals surface area contributed by atoms with Crippen molar-refractivity contribution in [3.05, 3.63) is 83.8 Å². The lowest BCUT2D eigenvalue weighted by Gasteiger charge is -1.94. The van der Waals surface area contributed by atoms with Crippen molar-refractivity contribution in [3.63, 3.8) is 0 Å². The third-order valence-electron chi connectivity index (χ3n) is 2.50. The summed E-state index contributed by atoms with van der Waals surface area (Å²) in [4.78, 5) is 0. The molecular weight excluding hydrogens is 284 g/mol. The molecule has 0 aromatic heterocycles. The lowest BCUT2D eigenvalue weighted by Crippen LogP contribution is -1.88. The molecule has 3 nitrogen and oxygen atoms in total. The highest BCUT2D eigenvalue weighted by Crippen LogP contribution is 2.08. The van der Waals surface area contributed by atoms with Gasteiger partial charge in [0.05, 0.1) is 5.41 Å². The third kappa shape index (κ3) is 7.87. The van der Waals surface area contributed by atoms with Crippen molar-refractivity contribution < 1.29 is 13.0 Å². The van der Waals surface area contributed by atoms with Crippen LogP contribution in [0.25, 0.3) is 11.6 Å². The fourth-order valence-corrected chi connectivity index (χ4v) is 1.78. The molecule has 110 valence electrons. The molecule has 0 fully saturated rings. The molecule has 4 heteroatoms. The van der Waals surface area contributed by atoms with E-state index < -0.39 is 10.1 Å². The summed E-state index contributed by atoms with van der Waals surface area (Å²) < 4.78 is 28.9. The van der Waals surface area contributed by atoms with Gasteiger partial charge in [0.2, 0.25) is 0 Å². The van der Waals surface area contributed by atoms with Gasteiger partial charge in [-0.2, -0.15) is 8.42 Å². The molecule has 0 aliphatic heterocycles. The van der Waals surface area contributed by atoms with Gasteiger partial charge < -0.3 is 0 Å². The number of allylic oxidation sites excluding steroid dienone is 1. The third-order valence-corrected chi connectivity index (χ3v) is 2.98. The average molecular weight is 302 g/mol. The number of hydrogen-bond donors (Lipinski definition) is 1. The van der Waals surface area contributed by atoms with E-state index >= 15 is 0 Å². The lowest BCUT2D eigenvalue weighted by molar-refractivity contribution is 0.494. The zero-order chi connectivity index (χ0) is 15.7. The summed E-state index contributed by atoms with van der Waals surface area (Å²) >= 11 is 0. The summed E-state index contributed by atoms with van der Waals surface area (Å²) in [6.45, 7) is 5.83. The second-order valence-corrected chi connectivity index (χ2v) is 5.68. The molecule has 0 aliphatic carbocycles. The largest absolute Gasteiger partial charge is 0.287 e. The van der Waals surface area contributed by atoms with Crippen LogP contribution in [-0.4, -0.2) is 13.0 Å².